The monoisotopic (exact) mass is 596 g/mol. The van der Waals surface area contributed by atoms with Crippen LogP contribution < -0.4 is 19.6 Å². The maximum atomic E-state index is 13.5. The van der Waals surface area contributed by atoms with Crippen LogP contribution in [0, 0.1) is 0 Å². The molecular weight excluding hydrogens is 544 g/mol. The van der Waals surface area contributed by atoms with Crippen molar-refractivity contribution in [2.45, 2.75) is 123 Å². The van der Waals surface area contributed by atoms with Gasteiger partial charge in [0, 0.05) is 6.54 Å². The van der Waals surface area contributed by atoms with E-state index in [4.69, 9.17) is 14.2 Å². The van der Waals surface area contributed by atoms with Gasteiger partial charge in [-0.25, -0.2) is 9.59 Å². The van der Waals surface area contributed by atoms with E-state index < -0.39 is 17.4 Å². The Balaban J connectivity index is 1.49. The van der Waals surface area contributed by atoms with E-state index in [0.717, 1.165) is 24.8 Å². The molecule has 0 fully saturated rings. The molecule has 0 saturated heterocycles. The van der Waals surface area contributed by atoms with Crippen molar-refractivity contribution in [3.05, 3.63) is 51.8 Å². The van der Waals surface area contributed by atoms with E-state index >= 15 is 0 Å². The van der Waals surface area contributed by atoms with Gasteiger partial charge in [0.05, 0.1) is 18.8 Å². The molecule has 0 radical (unpaired) electrons. The number of pyridine rings is 1. The standard InChI is InChI=1S/C35H52N2O6/c1-4-5-6-7-8-9-10-11-12-13-14-15-16-17-18-22-25-41-32-30(38)31-29(27-36(2)3)37(26-28-23-20-19-21-24-28)33(32)43-35(40)34(39)42-31/h19-21,23-24H,4-18,22,25-27H2,1-3H3. The normalized spacial score (nSPS) is 12.7. The lowest BCUT2D eigenvalue weighted by Gasteiger charge is -2.26. The lowest BCUT2D eigenvalue weighted by molar-refractivity contribution is -0.157. The number of hydrogen-bond acceptors (Lipinski definition) is 7. The molecule has 0 atom stereocenters. The molecule has 2 aliphatic rings. The zero-order valence-electron chi connectivity index (χ0n) is 26.7. The number of carbonyl (C=O) groups is 2. The van der Waals surface area contributed by atoms with Gasteiger partial charge in [0.2, 0.25) is 11.5 Å². The maximum absolute atomic E-state index is 13.5. The molecule has 1 aromatic carbocycles. The van der Waals surface area contributed by atoms with Crippen LogP contribution in [0.2, 0.25) is 0 Å². The Bertz CT molecular complexity index is 1190. The van der Waals surface area contributed by atoms with Crippen molar-refractivity contribution in [3.63, 3.8) is 0 Å². The number of aromatic nitrogens is 1. The predicted molar refractivity (Wildman–Crippen MR) is 170 cm³/mol. The fraction of sp³-hybridized carbons (Fsp3) is 0.629. The van der Waals surface area contributed by atoms with Crippen molar-refractivity contribution >= 4 is 11.9 Å². The summed E-state index contributed by atoms with van der Waals surface area (Å²) in [6, 6.07) is 9.63. The van der Waals surface area contributed by atoms with Crippen molar-refractivity contribution in [1.29, 1.82) is 0 Å². The largest absolute Gasteiger partial charge is 0.485 e. The number of benzene rings is 1. The molecule has 0 unspecified atom stereocenters. The van der Waals surface area contributed by atoms with E-state index in [1.807, 2.05) is 49.3 Å². The smallest absolute Gasteiger partial charge is 0.424 e. The molecule has 8 nitrogen and oxygen atoms in total. The van der Waals surface area contributed by atoms with Crippen molar-refractivity contribution in [2.75, 3.05) is 20.7 Å². The summed E-state index contributed by atoms with van der Waals surface area (Å²) in [7, 11) is 3.70. The third-order valence-electron chi connectivity index (χ3n) is 7.88. The molecule has 0 aliphatic carbocycles. The van der Waals surface area contributed by atoms with Gasteiger partial charge in [-0.2, -0.15) is 0 Å². The summed E-state index contributed by atoms with van der Waals surface area (Å²) in [5.41, 5.74) is 0.808. The second-order valence-electron chi connectivity index (χ2n) is 12.0. The van der Waals surface area contributed by atoms with Crippen LogP contribution in [0.15, 0.2) is 35.1 Å². The van der Waals surface area contributed by atoms with Crippen molar-refractivity contribution in [2.24, 2.45) is 0 Å². The molecule has 43 heavy (non-hydrogen) atoms. The molecule has 2 bridgehead atoms. The van der Waals surface area contributed by atoms with Crippen LogP contribution in [-0.2, 0) is 22.7 Å². The summed E-state index contributed by atoms with van der Waals surface area (Å²) in [5.74, 6) is -2.71. The number of ether oxygens (including phenoxy) is 3. The van der Waals surface area contributed by atoms with Crippen LogP contribution >= 0.6 is 0 Å². The Morgan fingerprint density at radius 1 is 0.698 bits per heavy atom. The SMILES string of the molecule is CCCCCCCCCCCCCCCCCCOc1c2n(Cc3ccccc3)c(CN(C)C)c(c1=O)OC(=O)C(=O)O2. The molecule has 3 heterocycles. The summed E-state index contributed by atoms with van der Waals surface area (Å²) in [6.07, 6.45) is 20.3. The van der Waals surface area contributed by atoms with Crippen LogP contribution in [0.4, 0.5) is 0 Å². The first-order valence-electron chi connectivity index (χ1n) is 16.5. The fourth-order valence-electron chi connectivity index (χ4n) is 5.51. The molecule has 1 aromatic heterocycles. The quantitative estimate of drug-likeness (QED) is 0.0794. The van der Waals surface area contributed by atoms with E-state index in [9.17, 15) is 14.4 Å². The summed E-state index contributed by atoms with van der Waals surface area (Å²) in [6.45, 7) is 3.19. The Hall–Kier alpha value is -3.13. The van der Waals surface area contributed by atoms with Crippen molar-refractivity contribution in [3.8, 4) is 17.4 Å². The van der Waals surface area contributed by atoms with Crippen LogP contribution in [0.5, 0.6) is 17.4 Å². The molecular formula is C35H52N2O6. The highest BCUT2D eigenvalue weighted by molar-refractivity contribution is 6.31. The average molecular weight is 597 g/mol. The fourth-order valence-corrected chi connectivity index (χ4v) is 5.51. The lowest BCUT2D eigenvalue weighted by Crippen LogP contribution is -2.36. The minimum Gasteiger partial charge on any atom is -0.485 e. The van der Waals surface area contributed by atoms with Gasteiger partial charge >= 0.3 is 11.9 Å². The van der Waals surface area contributed by atoms with Crippen molar-refractivity contribution < 1.29 is 23.8 Å². The van der Waals surface area contributed by atoms with Crippen LogP contribution in [0.1, 0.15) is 121 Å². The Kier molecular flexibility index (Phi) is 15.4. The number of nitrogens with zero attached hydrogens (tertiary/aromatic N) is 2. The number of carbonyl (C=O) groups excluding carboxylic acids is 2. The molecule has 2 aromatic rings. The van der Waals surface area contributed by atoms with Gasteiger partial charge in [-0.05, 0) is 26.1 Å². The van der Waals surface area contributed by atoms with Gasteiger partial charge in [0.25, 0.3) is 11.3 Å². The lowest BCUT2D eigenvalue weighted by atomic mass is 10.0. The summed E-state index contributed by atoms with van der Waals surface area (Å²) >= 11 is 0. The molecule has 0 amide bonds. The van der Waals surface area contributed by atoms with E-state index in [2.05, 4.69) is 6.92 Å². The zero-order valence-corrected chi connectivity index (χ0v) is 26.7. The topological polar surface area (TPSA) is 87.1 Å². The first kappa shape index (κ1) is 34.4. The average Bonchev–Trinajstić information content (AvgIpc) is 2.99. The van der Waals surface area contributed by atoms with E-state index in [1.54, 1.807) is 4.57 Å². The molecule has 8 heteroatoms. The maximum Gasteiger partial charge on any atom is 0.424 e. The number of esters is 2. The number of fused-ring (bicyclic) bond motifs is 5. The van der Waals surface area contributed by atoms with E-state index in [-0.39, 0.29) is 17.4 Å². The van der Waals surface area contributed by atoms with E-state index in [1.165, 1.54) is 83.5 Å². The molecule has 2 aliphatic heterocycles. The Morgan fingerprint density at radius 3 is 1.74 bits per heavy atom. The van der Waals surface area contributed by atoms with E-state index in [0.29, 0.717) is 25.4 Å². The van der Waals surface area contributed by atoms with Crippen LogP contribution in [0.25, 0.3) is 0 Å². The third kappa shape index (κ3) is 11.5. The van der Waals surface area contributed by atoms with Crippen LogP contribution in [0.3, 0.4) is 0 Å². The number of rotatable bonds is 22. The van der Waals surface area contributed by atoms with Gasteiger partial charge in [-0.15, -0.1) is 0 Å². The van der Waals surface area contributed by atoms with Gasteiger partial charge in [0.1, 0.15) is 0 Å². The van der Waals surface area contributed by atoms with Gasteiger partial charge in [-0.3, -0.25) is 4.79 Å². The summed E-state index contributed by atoms with van der Waals surface area (Å²) in [5, 5.41) is 0. The minimum atomic E-state index is -1.21. The first-order valence-corrected chi connectivity index (χ1v) is 16.5. The molecule has 0 N–H and O–H groups in total. The third-order valence-corrected chi connectivity index (χ3v) is 7.88. The minimum absolute atomic E-state index is 0.0485. The summed E-state index contributed by atoms with van der Waals surface area (Å²) < 4.78 is 18.4. The van der Waals surface area contributed by atoms with Gasteiger partial charge in [-0.1, -0.05) is 134 Å². The highest BCUT2D eigenvalue weighted by Gasteiger charge is 2.35. The first-order chi connectivity index (χ1) is 20.9. The predicted octanol–water partition coefficient (Wildman–Crippen LogP) is 7.42. The van der Waals surface area contributed by atoms with Crippen molar-refractivity contribution in [1.82, 2.24) is 9.47 Å². The highest BCUT2D eigenvalue weighted by Crippen LogP contribution is 2.34. The van der Waals surface area contributed by atoms with Gasteiger partial charge in [0.15, 0.2) is 0 Å². The van der Waals surface area contributed by atoms with Crippen LogP contribution in [-0.4, -0.2) is 42.1 Å². The Morgan fingerprint density at radius 2 is 1.21 bits per heavy atom. The number of hydrogen-bond donors (Lipinski definition) is 0. The second-order valence-corrected chi connectivity index (χ2v) is 12.0. The Labute approximate surface area is 257 Å². The second kappa shape index (κ2) is 19.2. The number of unbranched alkanes of at least 4 members (excludes halogenated alkanes) is 15. The zero-order chi connectivity index (χ0) is 30.9. The highest BCUT2D eigenvalue weighted by atomic mass is 16.6. The molecule has 0 saturated carbocycles. The molecule has 4 rings (SSSR count). The molecule has 238 valence electrons. The summed E-state index contributed by atoms with van der Waals surface area (Å²) in [4.78, 5) is 40.0. The molecule has 0 spiro atoms. The van der Waals surface area contributed by atoms with Gasteiger partial charge < -0.3 is 23.7 Å².